The van der Waals surface area contributed by atoms with E-state index in [1.54, 1.807) is 0 Å². The fraction of sp³-hybridized carbons (Fsp3) is 0.700. The van der Waals surface area contributed by atoms with Crippen LogP contribution in [0.3, 0.4) is 0 Å². The molecule has 26 heavy (non-hydrogen) atoms. The maximum atomic E-state index is 6.42. The van der Waals surface area contributed by atoms with Gasteiger partial charge in [-0.15, -0.1) is 11.6 Å². The van der Waals surface area contributed by atoms with Crippen LogP contribution in [-0.4, -0.2) is 47.4 Å². The van der Waals surface area contributed by atoms with E-state index >= 15 is 0 Å². The van der Waals surface area contributed by atoms with Gasteiger partial charge in [-0.2, -0.15) is 5.06 Å². The quantitative estimate of drug-likeness (QED) is 0.605. The number of rotatable bonds is 5. The highest BCUT2D eigenvalue weighted by molar-refractivity contribution is 6.20. The Kier molecular flexibility index (Phi) is 6.27. The Hall–Kier alpha value is -0.690. The number of hydrogen-bond donors (Lipinski definition) is 2. The first-order chi connectivity index (χ1) is 12.3. The molecule has 5 atom stereocenters. The summed E-state index contributed by atoms with van der Waals surface area (Å²) >= 11 is 6.42. The standard InChI is InChI=1S/C20H33ClN4O/c1-6-20(3)12-17(11-18(21)23-20)22-13-15-7-9-16(10-8-15)19-24(4)14(2)26-25(19)5/h7-10,14,17-19,22-23H,6,11-13H2,1-5H3. The SMILES string of the molecule is CCC1(C)CC(NCc2ccc(C3N(C)OC(C)N3C)cc2)CC(Cl)N1. The Balaban J connectivity index is 1.58. The van der Waals surface area contributed by atoms with E-state index in [0.717, 1.165) is 25.8 Å². The van der Waals surface area contributed by atoms with Crippen LogP contribution >= 0.6 is 11.6 Å². The van der Waals surface area contributed by atoms with E-state index in [9.17, 15) is 0 Å². The van der Waals surface area contributed by atoms with Gasteiger partial charge in [-0.1, -0.05) is 31.2 Å². The van der Waals surface area contributed by atoms with Gasteiger partial charge in [0.2, 0.25) is 0 Å². The van der Waals surface area contributed by atoms with Crippen LogP contribution in [0.1, 0.15) is 57.3 Å². The largest absolute Gasteiger partial charge is 0.310 e. The van der Waals surface area contributed by atoms with E-state index in [2.05, 4.69) is 67.6 Å². The van der Waals surface area contributed by atoms with Crippen molar-refractivity contribution in [2.24, 2.45) is 0 Å². The first kappa shape index (κ1) is 20.1. The highest BCUT2D eigenvalue weighted by Crippen LogP contribution is 2.32. The third kappa shape index (κ3) is 4.41. The summed E-state index contributed by atoms with van der Waals surface area (Å²) in [5.41, 5.74) is 2.72. The van der Waals surface area contributed by atoms with Crippen LogP contribution in [0.15, 0.2) is 24.3 Å². The van der Waals surface area contributed by atoms with Gasteiger partial charge in [0.1, 0.15) is 12.4 Å². The fourth-order valence-corrected chi connectivity index (χ4v) is 4.60. The molecule has 2 fully saturated rings. The highest BCUT2D eigenvalue weighted by Gasteiger charge is 2.35. The normalized spacial score (nSPS) is 36.5. The average molecular weight is 381 g/mol. The van der Waals surface area contributed by atoms with Gasteiger partial charge in [-0.05, 0) is 51.3 Å². The average Bonchev–Trinajstić information content (AvgIpc) is 2.85. The minimum Gasteiger partial charge on any atom is -0.310 e. The third-order valence-electron chi connectivity index (χ3n) is 5.97. The second kappa shape index (κ2) is 8.13. The summed E-state index contributed by atoms with van der Waals surface area (Å²) < 4.78 is 0. The Bertz CT molecular complexity index is 598. The molecule has 2 saturated heterocycles. The smallest absolute Gasteiger partial charge is 0.130 e. The van der Waals surface area contributed by atoms with Gasteiger partial charge >= 0.3 is 0 Å². The maximum Gasteiger partial charge on any atom is 0.130 e. The van der Waals surface area contributed by atoms with Crippen LogP contribution < -0.4 is 10.6 Å². The van der Waals surface area contributed by atoms with E-state index in [0.29, 0.717) is 6.04 Å². The van der Waals surface area contributed by atoms with Gasteiger partial charge in [0, 0.05) is 25.2 Å². The van der Waals surface area contributed by atoms with Gasteiger partial charge in [0.25, 0.3) is 0 Å². The molecule has 5 nitrogen and oxygen atoms in total. The zero-order valence-electron chi connectivity index (χ0n) is 16.6. The second-order valence-corrected chi connectivity index (χ2v) is 8.60. The fourth-order valence-electron chi connectivity index (χ4n) is 4.12. The molecule has 2 heterocycles. The minimum absolute atomic E-state index is 0.0454. The number of nitrogens with zero attached hydrogens (tertiary/aromatic N) is 2. The van der Waals surface area contributed by atoms with E-state index in [1.165, 1.54) is 11.1 Å². The van der Waals surface area contributed by atoms with Crippen molar-refractivity contribution in [2.45, 2.75) is 76.1 Å². The van der Waals surface area contributed by atoms with Crippen molar-refractivity contribution >= 4 is 11.6 Å². The molecule has 5 unspecified atom stereocenters. The third-order valence-corrected chi connectivity index (χ3v) is 6.26. The Morgan fingerprint density at radius 1 is 1.31 bits per heavy atom. The monoisotopic (exact) mass is 380 g/mol. The number of piperidine rings is 1. The molecular weight excluding hydrogens is 348 g/mol. The molecule has 0 radical (unpaired) electrons. The molecule has 6 heteroatoms. The topological polar surface area (TPSA) is 39.8 Å². The Morgan fingerprint density at radius 3 is 2.58 bits per heavy atom. The van der Waals surface area contributed by atoms with Crippen LogP contribution in [0, 0.1) is 0 Å². The van der Waals surface area contributed by atoms with Gasteiger partial charge < -0.3 is 5.32 Å². The van der Waals surface area contributed by atoms with Crippen molar-refractivity contribution in [1.82, 2.24) is 20.6 Å². The molecule has 2 aliphatic rings. The molecule has 0 bridgehead atoms. The van der Waals surface area contributed by atoms with Gasteiger partial charge in [0.05, 0.1) is 5.50 Å². The van der Waals surface area contributed by atoms with Crippen molar-refractivity contribution in [1.29, 1.82) is 0 Å². The van der Waals surface area contributed by atoms with Crippen molar-refractivity contribution in [3.8, 4) is 0 Å². The molecular formula is C20H33ClN4O. The summed E-state index contributed by atoms with van der Waals surface area (Å²) in [6.45, 7) is 7.43. The molecule has 0 aromatic heterocycles. The van der Waals surface area contributed by atoms with E-state index in [-0.39, 0.29) is 23.4 Å². The predicted molar refractivity (Wildman–Crippen MR) is 107 cm³/mol. The summed E-state index contributed by atoms with van der Waals surface area (Å²) in [5.74, 6) is 0. The van der Waals surface area contributed by atoms with Crippen molar-refractivity contribution < 1.29 is 4.84 Å². The molecule has 0 aliphatic carbocycles. The summed E-state index contributed by atoms with van der Waals surface area (Å²) in [7, 11) is 4.09. The van der Waals surface area contributed by atoms with Crippen molar-refractivity contribution in [3.05, 3.63) is 35.4 Å². The van der Waals surface area contributed by atoms with Crippen LogP contribution in [-0.2, 0) is 11.4 Å². The zero-order valence-corrected chi connectivity index (χ0v) is 17.4. The van der Waals surface area contributed by atoms with E-state index in [1.807, 2.05) is 12.1 Å². The summed E-state index contributed by atoms with van der Waals surface area (Å²) in [6, 6.07) is 9.29. The van der Waals surface area contributed by atoms with Gasteiger partial charge in [-0.3, -0.25) is 15.1 Å². The molecule has 0 saturated carbocycles. The number of alkyl halides is 1. The second-order valence-electron chi connectivity index (χ2n) is 8.08. The molecule has 2 N–H and O–H groups in total. The van der Waals surface area contributed by atoms with Crippen molar-refractivity contribution in [3.63, 3.8) is 0 Å². The van der Waals surface area contributed by atoms with Crippen LogP contribution in [0.5, 0.6) is 0 Å². The predicted octanol–water partition coefficient (Wildman–Crippen LogP) is 3.42. The number of hydroxylamine groups is 2. The molecule has 1 aromatic carbocycles. The summed E-state index contributed by atoms with van der Waals surface area (Å²) in [6.07, 6.45) is 3.42. The lowest BCUT2D eigenvalue weighted by molar-refractivity contribution is -0.140. The van der Waals surface area contributed by atoms with E-state index < -0.39 is 0 Å². The maximum absolute atomic E-state index is 6.42. The molecule has 2 aliphatic heterocycles. The van der Waals surface area contributed by atoms with Crippen LogP contribution in [0.4, 0.5) is 0 Å². The molecule has 3 rings (SSSR count). The lowest BCUT2D eigenvalue weighted by atomic mass is 9.85. The zero-order chi connectivity index (χ0) is 18.9. The van der Waals surface area contributed by atoms with Crippen LogP contribution in [0.2, 0.25) is 0 Å². The van der Waals surface area contributed by atoms with Gasteiger partial charge in [0.15, 0.2) is 0 Å². The lowest BCUT2D eigenvalue weighted by Gasteiger charge is -2.41. The molecule has 0 amide bonds. The highest BCUT2D eigenvalue weighted by atomic mass is 35.5. The molecule has 146 valence electrons. The number of nitrogens with one attached hydrogen (secondary N) is 2. The van der Waals surface area contributed by atoms with Gasteiger partial charge in [-0.25, -0.2) is 0 Å². The summed E-state index contributed by atoms with van der Waals surface area (Å²) in [5, 5.41) is 9.16. The van der Waals surface area contributed by atoms with E-state index in [4.69, 9.17) is 16.4 Å². The van der Waals surface area contributed by atoms with Crippen molar-refractivity contribution in [2.75, 3.05) is 14.1 Å². The Morgan fingerprint density at radius 2 is 2.00 bits per heavy atom. The number of hydrogen-bond acceptors (Lipinski definition) is 5. The first-order valence-electron chi connectivity index (χ1n) is 9.67. The molecule has 0 spiro atoms. The first-order valence-corrected chi connectivity index (χ1v) is 10.1. The lowest BCUT2D eigenvalue weighted by Crippen LogP contribution is -2.56. The molecule has 1 aromatic rings. The van der Waals surface area contributed by atoms with Crippen LogP contribution in [0.25, 0.3) is 0 Å². The number of halogens is 1. The number of benzene rings is 1. The summed E-state index contributed by atoms with van der Waals surface area (Å²) in [4.78, 5) is 8.00. The Labute approximate surface area is 163 Å². The minimum atomic E-state index is 0.0454.